The van der Waals surface area contributed by atoms with Crippen molar-refractivity contribution in [2.24, 2.45) is 0 Å². The first-order chi connectivity index (χ1) is 12.2. The fraction of sp³-hybridized carbons (Fsp3) is 0.300. The third-order valence-corrected chi connectivity index (χ3v) is 4.45. The van der Waals surface area contributed by atoms with Gasteiger partial charge < -0.3 is 4.90 Å². The number of carbonyl (C=O) groups excluding carboxylic acids is 2. The maximum absolute atomic E-state index is 13.3. The molecule has 1 aromatic heterocycles. The Morgan fingerprint density at radius 1 is 1.12 bits per heavy atom. The molecule has 0 aliphatic carbocycles. The van der Waals surface area contributed by atoms with Gasteiger partial charge in [-0.25, -0.2) is 0 Å². The van der Waals surface area contributed by atoms with Crippen molar-refractivity contribution in [3.63, 3.8) is 0 Å². The molecule has 0 spiro atoms. The van der Waals surface area contributed by atoms with Gasteiger partial charge in [-0.15, -0.1) is 0 Å². The van der Waals surface area contributed by atoms with E-state index in [1.807, 2.05) is 30.3 Å². The number of ketones is 1. The number of Topliss-reactive ketones (excluding diaryl/α,β-unsaturated/α-hetero) is 1. The predicted molar refractivity (Wildman–Crippen MR) is 92.3 cm³/mol. The molecule has 0 radical (unpaired) electrons. The van der Waals surface area contributed by atoms with Crippen molar-refractivity contribution in [3.05, 3.63) is 66.0 Å². The van der Waals surface area contributed by atoms with E-state index in [4.69, 9.17) is 0 Å². The molecule has 2 unspecified atom stereocenters. The van der Waals surface area contributed by atoms with Crippen molar-refractivity contribution in [1.82, 2.24) is 9.88 Å². The molecule has 1 amide bonds. The molecule has 3 rings (SSSR count). The molecule has 0 saturated carbocycles. The van der Waals surface area contributed by atoms with Crippen LogP contribution in [0.2, 0.25) is 0 Å². The van der Waals surface area contributed by atoms with Crippen LogP contribution >= 0.6 is 0 Å². The van der Waals surface area contributed by atoms with Gasteiger partial charge in [-0.2, -0.15) is 5.26 Å². The highest BCUT2D eigenvalue weighted by Gasteiger charge is 2.37. The van der Waals surface area contributed by atoms with E-state index in [0.717, 1.165) is 18.4 Å². The summed E-state index contributed by atoms with van der Waals surface area (Å²) in [6.07, 6.45) is 3.71. The SMILES string of the molecule is N#CC(C(=O)C(c1ccccc1)N1CCCCC1=O)c1ccccn1. The van der Waals surface area contributed by atoms with E-state index >= 15 is 0 Å². The number of amides is 1. The first-order valence-electron chi connectivity index (χ1n) is 8.41. The lowest BCUT2D eigenvalue weighted by atomic mass is 9.89. The minimum absolute atomic E-state index is 0.0360. The molecule has 1 saturated heterocycles. The Labute approximate surface area is 146 Å². The zero-order valence-corrected chi connectivity index (χ0v) is 13.8. The summed E-state index contributed by atoms with van der Waals surface area (Å²) in [5, 5.41) is 9.60. The van der Waals surface area contributed by atoms with Crippen LogP contribution in [0.5, 0.6) is 0 Å². The Morgan fingerprint density at radius 2 is 1.88 bits per heavy atom. The highest BCUT2D eigenvalue weighted by Crippen LogP contribution is 2.31. The second kappa shape index (κ2) is 7.71. The van der Waals surface area contributed by atoms with Crippen LogP contribution in [0.4, 0.5) is 0 Å². The van der Waals surface area contributed by atoms with Gasteiger partial charge >= 0.3 is 0 Å². The standard InChI is InChI=1S/C20H19N3O2/c21-14-16(17-10-4-6-12-22-17)20(25)19(15-8-2-1-3-9-15)23-13-7-5-11-18(23)24/h1-4,6,8-10,12,16,19H,5,7,11,13H2. The summed E-state index contributed by atoms with van der Waals surface area (Å²) < 4.78 is 0. The molecule has 5 nitrogen and oxygen atoms in total. The molecule has 0 N–H and O–H groups in total. The number of nitriles is 1. The van der Waals surface area contributed by atoms with Gasteiger partial charge in [0, 0.05) is 19.2 Å². The molecule has 2 atom stereocenters. The number of pyridine rings is 1. The van der Waals surface area contributed by atoms with E-state index < -0.39 is 12.0 Å². The summed E-state index contributed by atoms with van der Waals surface area (Å²) in [6, 6.07) is 15.7. The van der Waals surface area contributed by atoms with Gasteiger partial charge in [-0.1, -0.05) is 36.4 Å². The van der Waals surface area contributed by atoms with Crippen LogP contribution in [0.25, 0.3) is 0 Å². The van der Waals surface area contributed by atoms with Crippen LogP contribution in [-0.2, 0) is 9.59 Å². The fourth-order valence-corrected chi connectivity index (χ4v) is 3.21. The molecular weight excluding hydrogens is 314 g/mol. The molecule has 2 heterocycles. The zero-order chi connectivity index (χ0) is 17.6. The van der Waals surface area contributed by atoms with E-state index in [0.29, 0.717) is 18.7 Å². The quantitative estimate of drug-likeness (QED) is 0.843. The van der Waals surface area contributed by atoms with Crippen LogP contribution < -0.4 is 0 Å². The minimum Gasteiger partial charge on any atom is -0.328 e. The first kappa shape index (κ1) is 16.8. The fourth-order valence-electron chi connectivity index (χ4n) is 3.21. The van der Waals surface area contributed by atoms with Crippen molar-refractivity contribution in [1.29, 1.82) is 5.26 Å². The summed E-state index contributed by atoms with van der Waals surface area (Å²) in [5.41, 5.74) is 1.15. The Balaban J connectivity index is 2.00. The average Bonchev–Trinajstić information content (AvgIpc) is 2.66. The summed E-state index contributed by atoms with van der Waals surface area (Å²) in [7, 11) is 0. The van der Waals surface area contributed by atoms with Gasteiger partial charge in [0.25, 0.3) is 0 Å². The van der Waals surface area contributed by atoms with E-state index in [1.165, 1.54) is 0 Å². The van der Waals surface area contributed by atoms with E-state index in [9.17, 15) is 14.9 Å². The van der Waals surface area contributed by atoms with Gasteiger partial charge in [0.15, 0.2) is 5.78 Å². The number of aromatic nitrogens is 1. The molecule has 0 bridgehead atoms. The van der Waals surface area contributed by atoms with Crippen LogP contribution in [0.3, 0.4) is 0 Å². The van der Waals surface area contributed by atoms with Crippen LogP contribution in [-0.4, -0.2) is 28.1 Å². The van der Waals surface area contributed by atoms with Crippen molar-refractivity contribution in [2.75, 3.05) is 6.54 Å². The van der Waals surface area contributed by atoms with E-state index in [2.05, 4.69) is 11.1 Å². The van der Waals surface area contributed by atoms with Crippen molar-refractivity contribution >= 4 is 11.7 Å². The lowest BCUT2D eigenvalue weighted by Crippen LogP contribution is -2.43. The molecule has 1 aliphatic heterocycles. The summed E-state index contributed by atoms with van der Waals surface area (Å²) >= 11 is 0. The van der Waals surface area contributed by atoms with Crippen LogP contribution in [0.1, 0.15) is 42.5 Å². The van der Waals surface area contributed by atoms with Crippen molar-refractivity contribution in [2.45, 2.75) is 31.2 Å². The lowest BCUT2D eigenvalue weighted by Gasteiger charge is -2.34. The van der Waals surface area contributed by atoms with Crippen molar-refractivity contribution < 1.29 is 9.59 Å². The molecule has 1 fully saturated rings. The molecule has 1 aromatic carbocycles. The third-order valence-electron chi connectivity index (χ3n) is 4.45. The molecule has 25 heavy (non-hydrogen) atoms. The van der Waals surface area contributed by atoms with Gasteiger partial charge in [0.05, 0.1) is 11.8 Å². The van der Waals surface area contributed by atoms with Gasteiger partial charge in [0.2, 0.25) is 5.91 Å². The maximum atomic E-state index is 13.3. The van der Waals surface area contributed by atoms with Crippen LogP contribution in [0, 0.1) is 11.3 Å². The lowest BCUT2D eigenvalue weighted by molar-refractivity contribution is -0.142. The number of piperidine rings is 1. The Hall–Kier alpha value is -3.00. The second-order valence-electron chi connectivity index (χ2n) is 6.08. The summed E-state index contributed by atoms with van der Waals surface area (Å²) in [6.45, 7) is 0.532. The van der Waals surface area contributed by atoms with Crippen LogP contribution in [0.15, 0.2) is 54.7 Å². The number of hydrogen-bond donors (Lipinski definition) is 0. The normalized spacial score (nSPS) is 16.8. The van der Waals surface area contributed by atoms with E-state index in [1.54, 1.807) is 29.3 Å². The number of benzene rings is 1. The Bertz CT molecular complexity index is 784. The van der Waals surface area contributed by atoms with Gasteiger partial charge in [-0.3, -0.25) is 14.6 Å². The summed E-state index contributed by atoms with van der Waals surface area (Å²) in [4.78, 5) is 31.5. The maximum Gasteiger partial charge on any atom is 0.223 e. The molecule has 2 aromatic rings. The molecular formula is C20H19N3O2. The molecule has 1 aliphatic rings. The number of rotatable bonds is 5. The number of hydrogen-bond acceptors (Lipinski definition) is 4. The van der Waals surface area contributed by atoms with Gasteiger partial charge in [0.1, 0.15) is 12.0 Å². The third kappa shape index (κ3) is 3.58. The van der Waals surface area contributed by atoms with E-state index in [-0.39, 0.29) is 11.7 Å². The second-order valence-corrected chi connectivity index (χ2v) is 6.08. The smallest absolute Gasteiger partial charge is 0.223 e. The first-order valence-corrected chi connectivity index (χ1v) is 8.41. The Morgan fingerprint density at radius 3 is 2.52 bits per heavy atom. The molecule has 126 valence electrons. The monoisotopic (exact) mass is 333 g/mol. The number of nitrogens with zero attached hydrogens (tertiary/aromatic N) is 3. The largest absolute Gasteiger partial charge is 0.328 e. The predicted octanol–water partition coefficient (Wildman–Crippen LogP) is 3.01. The highest BCUT2D eigenvalue weighted by molar-refractivity contribution is 5.96. The Kier molecular flexibility index (Phi) is 5.20. The summed E-state index contributed by atoms with van der Waals surface area (Å²) in [5.74, 6) is -1.34. The average molecular weight is 333 g/mol. The highest BCUT2D eigenvalue weighted by atomic mass is 16.2. The number of likely N-dealkylation sites (tertiary alicyclic amines) is 1. The number of carbonyl (C=O) groups is 2. The molecule has 5 heteroatoms. The minimum atomic E-state index is -0.999. The zero-order valence-electron chi connectivity index (χ0n) is 13.8. The topological polar surface area (TPSA) is 74.1 Å². The van der Waals surface area contributed by atoms with Crippen molar-refractivity contribution in [3.8, 4) is 6.07 Å². The van der Waals surface area contributed by atoms with Gasteiger partial charge in [-0.05, 0) is 30.5 Å².